The van der Waals surface area contributed by atoms with E-state index in [-0.39, 0.29) is 30.3 Å². The Morgan fingerprint density at radius 1 is 1.11 bits per heavy atom. The van der Waals surface area contributed by atoms with Crippen molar-refractivity contribution in [2.24, 2.45) is 34.0 Å². The van der Waals surface area contributed by atoms with E-state index < -0.39 is 76.2 Å². The first-order valence-corrected chi connectivity index (χ1v) is 12.7. The monoisotopic (exact) mass is 520 g/mol. The third-order valence-electron chi connectivity index (χ3n) is 10.3. The first-order chi connectivity index (χ1) is 17.2. The normalized spacial score (nSPS) is 51.0. The Hall–Kier alpha value is -2.50. The van der Waals surface area contributed by atoms with Crippen molar-refractivity contribution in [3.05, 3.63) is 12.2 Å². The van der Waals surface area contributed by atoms with Gasteiger partial charge in [0.2, 0.25) is 5.60 Å². The molecular weight excluding hydrogens is 488 g/mol. The van der Waals surface area contributed by atoms with Crippen molar-refractivity contribution in [1.82, 2.24) is 0 Å². The average molecular weight is 521 g/mol. The summed E-state index contributed by atoms with van der Waals surface area (Å²) in [5, 5.41) is 24.3. The minimum Gasteiger partial charge on any atom is -0.466 e. The first kappa shape index (κ1) is 24.8. The summed E-state index contributed by atoms with van der Waals surface area (Å²) in [7, 11) is 1.24. The quantitative estimate of drug-likeness (QED) is 0.293. The molecule has 0 bridgehead atoms. The van der Waals surface area contributed by atoms with Crippen LogP contribution in [0.3, 0.4) is 0 Å². The zero-order valence-electron chi connectivity index (χ0n) is 21.4. The maximum Gasteiger partial charge on any atom is 0.342 e. The van der Waals surface area contributed by atoms with Gasteiger partial charge in [-0.05, 0) is 24.7 Å². The number of methoxy groups -OCH3 is 1. The van der Waals surface area contributed by atoms with Gasteiger partial charge in [-0.25, -0.2) is 14.4 Å². The summed E-state index contributed by atoms with van der Waals surface area (Å²) in [6.07, 6.45) is -1.02. The topological polar surface area (TPSA) is 155 Å². The maximum atomic E-state index is 13.6. The smallest absolute Gasteiger partial charge is 0.342 e. The molecule has 3 aliphatic heterocycles. The zero-order valence-corrected chi connectivity index (χ0v) is 21.4. The molecule has 3 heterocycles. The average Bonchev–Trinajstić information content (AvgIpc) is 3.07. The molecule has 6 fully saturated rings. The Morgan fingerprint density at radius 3 is 2.46 bits per heavy atom. The predicted octanol–water partition coefficient (Wildman–Crippen LogP) is 0.0476. The summed E-state index contributed by atoms with van der Waals surface area (Å²) >= 11 is 0. The van der Waals surface area contributed by atoms with Crippen LogP contribution in [0, 0.1) is 34.0 Å². The Bertz CT molecular complexity index is 1140. The third-order valence-corrected chi connectivity index (χ3v) is 10.3. The fraction of sp³-hybridized carbons (Fsp3) is 0.769. The van der Waals surface area contributed by atoms with Gasteiger partial charge in [-0.1, -0.05) is 26.8 Å². The lowest BCUT2D eigenvalue weighted by atomic mass is 9.50. The van der Waals surface area contributed by atoms with E-state index in [4.69, 9.17) is 18.9 Å². The van der Waals surface area contributed by atoms with Crippen LogP contribution >= 0.6 is 0 Å². The van der Waals surface area contributed by atoms with Gasteiger partial charge in [0.15, 0.2) is 11.7 Å². The summed E-state index contributed by atoms with van der Waals surface area (Å²) in [5.74, 6) is -4.52. The van der Waals surface area contributed by atoms with Gasteiger partial charge in [-0.2, -0.15) is 0 Å². The molecule has 0 aromatic carbocycles. The van der Waals surface area contributed by atoms with Crippen molar-refractivity contribution >= 4 is 23.9 Å². The van der Waals surface area contributed by atoms with Crippen molar-refractivity contribution in [2.45, 2.75) is 76.2 Å². The standard InChI is InChI=1S/C26H32O11/c1-11-19(28)35-14-10-23-13(36-21(30)26(23,32)25(11,14)31)9-12(22(2,3)4)16-17-24(16,23)18(20(29)37-17)34-8-6-7-15(27)33-5/h6-7,11-14,16-18,31-32H,8-10H2,1-5H3/b7-6+/t11?,12-,13?,14+,16?,17+,18+,23-,24?,25-,26-/m1/s1. The molecule has 0 aromatic heterocycles. The minimum absolute atomic E-state index is 0.0665. The Balaban J connectivity index is 1.50. The molecule has 11 atom stereocenters. The van der Waals surface area contributed by atoms with Crippen LogP contribution in [0.25, 0.3) is 0 Å². The van der Waals surface area contributed by atoms with Crippen LogP contribution in [-0.2, 0) is 42.9 Å². The van der Waals surface area contributed by atoms with Crippen molar-refractivity contribution in [3.8, 4) is 0 Å². The number of hydrogen-bond donors (Lipinski definition) is 2. The molecule has 0 amide bonds. The Morgan fingerprint density at radius 2 is 1.81 bits per heavy atom. The summed E-state index contributed by atoms with van der Waals surface area (Å²) in [6, 6.07) is 0. The van der Waals surface area contributed by atoms with E-state index >= 15 is 0 Å². The van der Waals surface area contributed by atoms with E-state index in [0.29, 0.717) is 6.42 Å². The number of esters is 4. The van der Waals surface area contributed by atoms with Gasteiger partial charge in [-0.3, -0.25) is 4.79 Å². The lowest BCUT2D eigenvalue weighted by Gasteiger charge is -2.52. The Kier molecular flexibility index (Phi) is 4.77. The lowest BCUT2D eigenvalue weighted by Crippen LogP contribution is -2.69. The molecule has 3 saturated carbocycles. The van der Waals surface area contributed by atoms with Crippen LogP contribution in [0.5, 0.6) is 0 Å². The van der Waals surface area contributed by atoms with Crippen LogP contribution in [-0.4, -0.2) is 83.4 Å². The predicted molar refractivity (Wildman–Crippen MR) is 120 cm³/mol. The largest absolute Gasteiger partial charge is 0.466 e. The van der Waals surface area contributed by atoms with E-state index in [2.05, 4.69) is 25.5 Å². The molecule has 2 N–H and O–H groups in total. The van der Waals surface area contributed by atoms with Crippen molar-refractivity contribution < 1.29 is 53.1 Å². The molecule has 0 aromatic rings. The second-order valence-corrected chi connectivity index (χ2v) is 12.4. The second kappa shape index (κ2) is 7.12. The first-order valence-electron chi connectivity index (χ1n) is 12.7. The minimum atomic E-state index is -2.52. The van der Waals surface area contributed by atoms with Gasteiger partial charge in [0.1, 0.15) is 18.3 Å². The van der Waals surface area contributed by atoms with E-state index in [1.54, 1.807) is 0 Å². The van der Waals surface area contributed by atoms with Crippen molar-refractivity contribution in [3.63, 3.8) is 0 Å². The molecule has 37 heavy (non-hydrogen) atoms. The summed E-state index contributed by atoms with van der Waals surface area (Å²) in [5.41, 5.74) is -7.74. The van der Waals surface area contributed by atoms with Gasteiger partial charge >= 0.3 is 23.9 Å². The highest BCUT2D eigenvalue weighted by atomic mass is 16.6. The molecule has 11 heteroatoms. The number of carbonyl (C=O) groups is 4. The van der Waals surface area contributed by atoms with E-state index in [1.165, 1.54) is 26.2 Å². The maximum absolute atomic E-state index is 13.6. The molecule has 6 rings (SSSR count). The highest BCUT2D eigenvalue weighted by Crippen LogP contribution is 2.86. The van der Waals surface area contributed by atoms with Crippen molar-refractivity contribution in [1.29, 1.82) is 0 Å². The van der Waals surface area contributed by atoms with Crippen LogP contribution in [0.4, 0.5) is 0 Å². The number of fused-ring (bicyclic) bond motifs is 3. The van der Waals surface area contributed by atoms with Gasteiger partial charge in [0, 0.05) is 18.4 Å². The molecule has 4 unspecified atom stereocenters. The molecule has 6 aliphatic rings. The zero-order chi connectivity index (χ0) is 26.9. The van der Waals surface area contributed by atoms with Crippen LogP contribution in [0.2, 0.25) is 0 Å². The molecule has 3 aliphatic carbocycles. The summed E-state index contributed by atoms with van der Waals surface area (Å²) < 4.78 is 27.9. The third kappa shape index (κ3) is 2.45. The second-order valence-electron chi connectivity index (χ2n) is 12.4. The van der Waals surface area contributed by atoms with Crippen molar-refractivity contribution in [2.75, 3.05) is 13.7 Å². The fourth-order valence-corrected chi connectivity index (χ4v) is 8.82. The molecule has 2 spiro atoms. The van der Waals surface area contributed by atoms with Gasteiger partial charge in [0.05, 0.1) is 30.5 Å². The lowest BCUT2D eigenvalue weighted by molar-refractivity contribution is -0.218. The van der Waals surface area contributed by atoms with E-state index in [9.17, 15) is 29.4 Å². The van der Waals surface area contributed by atoms with Gasteiger partial charge < -0.3 is 33.9 Å². The number of hydrogen-bond acceptors (Lipinski definition) is 11. The number of rotatable bonds is 4. The molecule has 202 valence electrons. The summed E-state index contributed by atoms with van der Waals surface area (Å²) in [6.45, 7) is 7.44. The number of carbonyl (C=O) groups excluding carboxylic acids is 4. The highest BCUT2D eigenvalue weighted by Gasteiger charge is 3.01. The number of ether oxygens (including phenoxy) is 5. The van der Waals surface area contributed by atoms with Crippen LogP contribution < -0.4 is 0 Å². The number of aliphatic hydroxyl groups is 2. The molecule has 3 saturated heterocycles. The van der Waals surface area contributed by atoms with Gasteiger partial charge in [0.25, 0.3) is 0 Å². The highest BCUT2D eigenvalue weighted by molar-refractivity contribution is 5.92. The molecule has 11 nitrogen and oxygen atoms in total. The van der Waals surface area contributed by atoms with Crippen LogP contribution in [0.15, 0.2) is 12.2 Å². The molecule has 0 radical (unpaired) electrons. The SMILES string of the molecule is COC(=O)/C=C/CO[C@H]1C(=O)O[C@H]2C3[C@H](C(C)(C)C)CC4OC(=O)[C@]5(O)[C@@]6(O)C(C)C(=O)O[C@H]6C[C@]45C312. The fourth-order valence-electron chi connectivity index (χ4n) is 8.82. The Labute approximate surface area is 213 Å². The van der Waals surface area contributed by atoms with E-state index in [1.807, 2.05) is 0 Å². The van der Waals surface area contributed by atoms with E-state index in [0.717, 1.165) is 0 Å². The van der Waals surface area contributed by atoms with Crippen LogP contribution in [0.1, 0.15) is 40.5 Å². The van der Waals surface area contributed by atoms with Gasteiger partial charge in [-0.15, -0.1) is 0 Å². The molecular formula is C26H32O11. The summed E-state index contributed by atoms with van der Waals surface area (Å²) in [4.78, 5) is 50.7.